The van der Waals surface area contributed by atoms with E-state index >= 15 is 0 Å². The van der Waals surface area contributed by atoms with E-state index < -0.39 is 0 Å². The summed E-state index contributed by atoms with van der Waals surface area (Å²) in [6, 6.07) is 19.4. The Balaban J connectivity index is 1.73. The molecule has 2 heterocycles. The number of H-pyrrole nitrogens is 1. The fraction of sp³-hybridized carbons (Fsp3) is 0.185. The topological polar surface area (TPSA) is 24.0 Å². The van der Waals surface area contributed by atoms with Gasteiger partial charge in [0.25, 0.3) is 0 Å². The molecule has 5 aromatic rings. The van der Waals surface area contributed by atoms with Crippen molar-refractivity contribution < 1.29 is 0 Å². The quantitative estimate of drug-likeness (QED) is 0.317. The van der Waals surface area contributed by atoms with Crippen LogP contribution in [-0.4, -0.2) is 28.0 Å². The second-order valence-corrected chi connectivity index (χ2v) is 8.67. The molecular formula is C27H26ClN3. The van der Waals surface area contributed by atoms with Crippen molar-refractivity contribution >= 4 is 33.3 Å². The maximum Gasteiger partial charge on any atom is 0.0491 e. The van der Waals surface area contributed by atoms with E-state index in [1.54, 1.807) is 0 Å². The van der Waals surface area contributed by atoms with Gasteiger partial charge in [0.15, 0.2) is 0 Å². The lowest BCUT2D eigenvalue weighted by molar-refractivity contribution is 0.346. The summed E-state index contributed by atoms with van der Waals surface area (Å²) in [7, 11) is 4.24. The average molecular weight is 428 g/mol. The number of nitrogens with zero attached hydrogens (tertiary/aromatic N) is 2. The third kappa shape index (κ3) is 3.44. The molecule has 5 rings (SSSR count). The van der Waals surface area contributed by atoms with Crippen LogP contribution in [0.5, 0.6) is 0 Å². The van der Waals surface area contributed by atoms with Crippen molar-refractivity contribution in [1.29, 1.82) is 0 Å². The molecule has 156 valence electrons. The zero-order chi connectivity index (χ0) is 21.5. The maximum atomic E-state index is 6.83. The summed E-state index contributed by atoms with van der Waals surface area (Å²) in [5.41, 5.74) is 7.12. The summed E-state index contributed by atoms with van der Waals surface area (Å²) in [5.74, 6) is 0. The summed E-state index contributed by atoms with van der Waals surface area (Å²) < 4.78 is 2.19. The number of benzene rings is 3. The molecule has 0 saturated carbocycles. The number of aryl methyl sites for hydroxylation is 1. The predicted molar refractivity (Wildman–Crippen MR) is 133 cm³/mol. The molecule has 0 saturated heterocycles. The van der Waals surface area contributed by atoms with Gasteiger partial charge in [-0.1, -0.05) is 54.9 Å². The van der Waals surface area contributed by atoms with Crippen LogP contribution in [0.15, 0.2) is 73.2 Å². The highest BCUT2D eigenvalue weighted by Crippen LogP contribution is 2.42. The molecule has 0 atom stereocenters. The lowest BCUT2D eigenvalue weighted by Gasteiger charge is -2.16. The van der Waals surface area contributed by atoms with Gasteiger partial charge in [-0.2, -0.15) is 0 Å². The van der Waals surface area contributed by atoms with E-state index in [0.29, 0.717) is 0 Å². The molecule has 4 heteroatoms. The van der Waals surface area contributed by atoms with Gasteiger partial charge in [0.2, 0.25) is 0 Å². The molecule has 0 bridgehead atoms. The summed E-state index contributed by atoms with van der Waals surface area (Å²) in [4.78, 5) is 5.65. The van der Waals surface area contributed by atoms with Crippen molar-refractivity contribution in [1.82, 2.24) is 14.5 Å². The number of hydrogen-bond donors (Lipinski definition) is 1. The van der Waals surface area contributed by atoms with Gasteiger partial charge in [-0.15, -0.1) is 0 Å². The van der Waals surface area contributed by atoms with E-state index in [9.17, 15) is 0 Å². The first-order valence-corrected chi connectivity index (χ1v) is 11.1. The number of aromatic nitrogens is 2. The van der Waals surface area contributed by atoms with Crippen LogP contribution in [0.1, 0.15) is 12.5 Å². The van der Waals surface area contributed by atoms with Gasteiger partial charge < -0.3 is 14.5 Å². The van der Waals surface area contributed by atoms with Crippen LogP contribution in [-0.2, 0) is 13.6 Å². The Morgan fingerprint density at radius 3 is 2.55 bits per heavy atom. The number of fused-ring (bicyclic) bond motifs is 2. The first kappa shape index (κ1) is 19.9. The number of rotatable bonds is 5. The second kappa shape index (κ2) is 7.92. The molecule has 0 aliphatic rings. The van der Waals surface area contributed by atoms with E-state index in [4.69, 9.17) is 11.6 Å². The molecule has 0 spiro atoms. The van der Waals surface area contributed by atoms with Crippen LogP contribution < -0.4 is 0 Å². The van der Waals surface area contributed by atoms with Crippen molar-refractivity contribution in [3.8, 4) is 22.3 Å². The number of halogens is 1. The lowest BCUT2D eigenvalue weighted by Crippen LogP contribution is -2.16. The minimum Gasteiger partial charge on any atom is -0.366 e. The lowest BCUT2D eigenvalue weighted by atomic mass is 9.93. The Morgan fingerprint density at radius 1 is 0.935 bits per heavy atom. The predicted octanol–water partition coefficient (Wildman–Crippen LogP) is 7.10. The summed E-state index contributed by atoms with van der Waals surface area (Å²) >= 11 is 6.83. The molecule has 1 N–H and O–H groups in total. The molecule has 0 unspecified atom stereocenters. The Hall–Kier alpha value is -3.01. The van der Waals surface area contributed by atoms with Crippen LogP contribution in [0, 0.1) is 0 Å². The number of aromatic amines is 1. The average Bonchev–Trinajstić information content (AvgIpc) is 3.38. The number of para-hydroxylation sites is 1. The molecule has 0 fully saturated rings. The smallest absolute Gasteiger partial charge is 0.0491 e. The molecule has 3 aromatic carbocycles. The summed E-state index contributed by atoms with van der Waals surface area (Å²) in [6.07, 6.45) is 6.36. The van der Waals surface area contributed by atoms with Crippen LogP contribution in [0.25, 0.3) is 43.9 Å². The van der Waals surface area contributed by atoms with Gasteiger partial charge in [0.05, 0.1) is 0 Å². The highest BCUT2D eigenvalue weighted by atomic mass is 35.5. The van der Waals surface area contributed by atoms with E-state index in [2.05, 4.69) is 103 Å². The first-order chi connectivity index (χ1) is 15.1. The molecule has 0 aliphatic carbocycles. The van der Waals surface area contributed by atoms with Crippen molar-refractivity contribution in [2.24, 2.45) is 7.05 Å². The molecule has 3 nitrogen and oxygen atoms in total. The Kier molecular flexibility index (Phi) is 5.09. The summed E-state index contributed by atoms with van der Waals surface area (Å²) in [5, 5.41) is 4.41. The highest BCUT2D eigenvalue weighted by molar-refractivity contribution is 6.35. The third-order valence-corrected chi connectivity index (χ3v) is 6.54. The van der Waals surface area contributed by atoms with Crippen LogP contribution in [0.2, 0.25) is 5.02 Å². The molecule has 2 aromatic heterocycles. The monoisotopic (exact) mass is 427 g/mol. The zero-order valence-corrected chi connectivity index (χ0v) is 18.9. The molecule has 0 radical (unpaired) electrons. The fourth-order valence-corrected chi connectivity index (χ4v) is 4.75. The van der Waals surface area contributed by atoms with Crippen molar-refractivity contribution in [2.75, 3.05) is 13.6 Å². The van der Waals surface area contributed by atoms with Gasteiger partial charge in [-0.3, -0.25) is 0 Å². The van der Waals surface area contributed by atoms with Gasteiger partial charge >= 0.3 is 0 Å². The molecule has 0 aliphatic heterocycles. The van der Waals surface area contributed by atoms with Crippen LogP contribution >= 0.6 is 11.6 Å². The third-order valence-electron chi connectivity index (χ3n) is 6.23. The van der Waals surface area contributed by atoms with E-state index in [1.807, 2.05) is 6.07 Å². The van der Waals surface area contributed by atoms with Crippen LogP contribution in [0.3, 0.4) is 0 Å². The minimum absolute atomic E-state index is 0.773. The van der Waals surface area contributed by atoms with Gasteiger partial charge in [-0.25, -0.2) is 0 Å². The van der Waals surface area contributed by atoms with Gasteiger partial charge in [-0.05, 0) is 48.1 Å². The SMILES string of the molecule is CCN(C)Cc1ccc2ccc(Cl)c(-c3c[nH]cc3-c3cn(C)c4ccccc34)c2c1. The fourth-order valence-electron chi connectivity index (χ4n) is 4.49. The van der Waals surface area contributed by atoms with Gasteiger partial charge in [0, 0.05) is 70.4 Å². The first-order valence-electron chi connectivity index (χ1n) is 10.7. The Labute approximate surface area is 187 Å². The van der Waals surface area contributed by atoms with E-state index in [1.165, 1.54) is 38.4 Å². The van der Waals surface area contributed by atoms with Gasteiger partial charge in [0.1, 0.15) is 0 Å². The number of hydrogen-bond acceptors (Lipinski definition) is 1. The van der Waals surface area contributed by atoms with Crippen molar-refractivity contribution in [3.05, 3.63) is 83.8 Å². The van der Waals surface area contributed by atoms with Crippen LogP contribution in [0.4, 0.5) is 0 Å². The normalized spacial score (nSPS) is 11.8. The second-order valence-electron chi connectivity index (χ2n) is 8.26. The number of nitrogens with one attached hydrogen (secondary N) is 1. The minimum atomic E-state index is 0.773. The molecular weight excluding hydrogens is 402 g/mol. The summed E-state index contributed by atoms with van der Waals surface area (Å²) in [6.45, 7) is 4.12. The molecule has 31 heavy (non-hydrogen) atoms. The van der Waals surface area contributed by atoms with E-state index in [0.717, 1.165) is 29.2 Å². The standard InChI is InChI=1S/C27H26ClN3/c1-4-30(2)16-18-9-10-19-11-12-25(28)27(21(19)13-18)23-15-29-14-22(23)24-17-31(3)26-8-6-5-7-20(24)26/h5-15,17,29H,4,16H2,1-3H3. The Bertz CT molecular complexity index is 1390. The largest absolute Gasteiger partial charge is 0.366 e. The van der Waals surface area contributed by atoms with Crippen molar-refractivity contribution in [3.63, 3.8) is 0 Å². The zero-order valence-electron chi connectivity index (χ0n) is 18.1. The Morgan fingerprint density at radius 2 is 1.71 bits per heavy atom. The van der Waals surface area contributed by atoms with E-state index in [-0.39, 0.29) is 0 Å². The maximum absolute atomic E-state index is 6.83. The van der Waals surface area contributed by atoms with Crippen molar-refractivity contribution in [2.45, 2.75) is 13.5 Å². The highest BCUT2D eigenvalue weighted by Gasteiger charge is 2.18. The molecule has 0 amide bonds.